The van der Waals surface area contributed by atoms with Crippen LogP contribution in [0.2, 0.25) is 0 Å². The SMILES string of the molecule is CCOc1ccc(N/C=C(/C#N)C(=O)Nc2ccc([N+](=O)[O-])cc2)cc1OCC. The Balaban J connectivity index is 2.10. The van der Waals surface area contributed by atoms with Crippen molar-refractivity contribution >= 4 is 23.0 Å². The van der Waals surface area contributed by atoms with Gasteiger partial charge in [0.05, 0.1) is 18.1 Å². The molecule has 0 saturated carbocycles. The number of benzene rings is 2. The van der Waals surface area contributed by atoms with E-state index in [0.717, 1.165) is 0 Å². The summed E-state index contributed by atoms with van der Waals surface area (Å²) in [5.41, 5.74) is 0.672. The lowest BCUT2D eigenvalue weighted by Crippen LogP contribution is -2.14. The van der Waals surface area contributed by atoms with Crippen LogP contribution in [0.1, 0.15) is 13.8 Å². The van der Waals surface area contributed by atoms with Crippen LogP contribution in [0.4, 0.5) is 17.1 Å². The first-order valence-electron chi connectivity index (χ1n) is 8.80. The molecule has 0 saturated heterocycles. The van der Waals surface area contributed by atoms with Crippen molar-refractivity contribution in [3.05, 3.63) is 64.4 Å². The number of hydrogen-bond acceptors (Lipinski definition) is 7. The minimum Gasteiger partial charge on any atom is -0.490 e. The van der Waals surface area contributed by atoms with E-state index in [9.17, 15) is 20.2 Å². The third-order valence-electron chi connectivity index (χ3n) is 3.63. The van der Waals surface area contributed by atoms with Gasteiger partial charge in [-0.25, -0.2) is 0 Å². The molecule has 0 heterocycles. The molecule has 2 aromatic carbocycles. The van der Waals surface area contributed by atoms with E-state index in [2.05, 4.69) is 10.6 Å². The van der Waals surface area contributed by atoms with Gasteiger partial charge in [-0.15, -0.1) is 0 Å². The fourth-order valence-electron chi connectivity index (χ4n) is 2.31. The minimum atomic E-state index is -0.648. The summed E-state index contributed by atoms with van der Waals surface area (Å²) in [6, 6.07) is 12.3. The molecule has 0 unspecified atom stereocenters. The van der Waals surface area contributed by atoms with Gasteiger partial charge in [0.1, 0.15) is 11.6 Å². The quantitative estimate of drug-likeness (QED) is 0.285. The molecule has 0 aliphatic rings. The van der Waals surface area contributed by atoms with Gasteiger partial charge >= 0.3 is 0 Å². The Kier molecular flexibility index (Phi) is 7.56. The molecule has 1 amide bonds. The summed E-state index contributed by atoms with van der Waals surface area (Å²) in [7, 11) is 0. The second-order valence-corrected chi connectivity index (χ2v) is 5.60. The van der Waals surface area contributed by atoms with Gasteiger partial charge in [-0.1, -0.05) is 0 Å². The molecular weight excluding hydrogens is 376 g/mol. The number of nitriles is 1. The van der Waals surface area contributed by atoms with E-state index in [-0.39, 0.29) is 11.3 Å². The van der Waals surface area contributed by atoms with E-state index in [1.54, 1.807) is 18.2 Å². The van der Waals surface area contributed by atoms with Crippen LogP contribution in [0.5, 0.6) is 11.5 Å². The number of rotatable bonds is 9. The summed E-state index contributed by atoms with van der Waals surface area (Å²) in [5, 5.41) is 25.3. The largest absolute Gasteiger partial charge is 0.490 e. The summed E-state index contributed by atoms with van der Waals surface area (Å²) in [4.78, 5) is 22.4. The molecule has 150 valence electrons. The number of ether oxygens (including phenoxy) is 2. The van der Waals surface area contributed by atoms with Gasteiger partial charge in [0.2, 0.25) is 0 Å². The predicted octanol–water partition coefficient (Wildman–Crippen LogP) is 3.85. The Morgan fingerprint density at radius 3 is 2.31 bits per heavy atom. The second kappa shape index (κ2) is 10.3. The van der Waals surface area contributed by atoms with E-state index in [1.165, 1.54) is 30.5 Å². The maximum atomic E-state index is 12.3. The molecule has 0 aromatic heterocycles. The molecule has 0 bridgehead atoms. The Morgan fingerprint density at radius 2 is 1.72 bits per heavy atom. The maximum Gasteiger partial charge on any atom is 0.269 e. The first kappa shape index (κ1) is 21.2. The molecule has 9 nitrogen and oxygen atoms in total. The molecular formula is C20H20N4O5. The zero-order valence-electron chi connectivity index (χ0n) is 16.0. The van der Waals surface area contributed by atoms with Crippen LogP contribution in [0.3, 0.4) is 0 Å². The molecule has 2 rings (SSSR count). The van der Waals surface area contributed by atoms with Gasteiger partial charge in [-0.2, -0.15) is 5.26 Å². The fraction of sp³-hybridized carbons (Fsp3) is 0.200. The average Bonchev–Trinajstić information content (AvgIpc) is 2.71. The Bertz CT molecular complexity index is 948. The van der Waals surface area contributed by atoms with E-state index in [4.69, 9.17) is 9.47 Å². The molecule has 0 aliphatic heterocycles. The third-order valence-corrected chi connectivity index (χ3v) is 3.63. The van der Waals surface area contributed by atoms with Crippen molar-refractivity contribution in [1.29, 1.82) is 5.26 Å². The van der Waals surface area contributed by atoms with Crippen LogP contribution in [-0.2, 0) is 4.79 Å². The smallest absolute Gasteiger partial charge is 0.269 e. The van der Waals surface area contributed by atoms with E-state index < -0.39 is 10.8 Å². The first-order chi connectivity index (χ1) is 14.0. The van der Waals surface area contributed by atoms with Crippen molar-refractivity contribution in [2.24, 2.45) is 0 Å². The van der Waals surface area contributed by atoms with Gasteiger partial charge in [-0.05, 0) is 38.1 Å². The summed E-state index contributed by atoms with van der Waals surface area (Å²) >= 11 is 0. The van der Waals surface area contributed by atoms with Gasteiger partial charge in [0.15, 0.2) is 11.5 Å². The lowest BCUT2D eigenvalue weighted by Gasteiger charge is -2.12. The van der Waals surface area contributed by atoms with Crippen LogP contribution >= 0.6 is 0 Å². The molecule has 0 spiro atoms. The lowest BCUT2D eigenvalue weighted by molar-refractivity contribution is -0.384. The number of anilines is 2. The van der Waals surface area contributed by atoms with Crippen LogP contribution in [-0.4, -0.2) is 24.0 Å². The molecule has 0 atom stereocenters. The molecule has 0 fully saturated rings. The number of amides is 1. The molecule has 29 heavy (non-hydrogen) atoms. The average molecular weight is 396 g/mol. The first-order valence-corrected chi connectivity index (χ1v) is 8.80. The fourth-order valence-corrected chi connectivity index (χ4v) is 2.31. The van der Waals surface area contributed by atoms with E-state index in [1.807, 2.05) is 19.9 Å². The van der Waals surface area contributed by atoms with Gasteiger partial charge < -0.3 is 20.1 Å². The Hall–Kier alpha value is -4.06. The summed E-state index contributed by atoms with van der Waals surface area (Å²) in [6.45, 7) is 4.67. The number of carbonyl (C=O) groups excluding carboxylic acids is 1. The second-order valence-electron chi connectivity index (χ2n) is 5.60. The van der Waals surface area contributed by atoms with Crippen molar-refractivity contribution in [2.45, 2.75) is 13.8 Å². The van der Waals surface area contributed by atoms with Crippen molar-refractivity contribution in [1.82, 2.24) is 0 Å². The number of nitro groups is 1. The van der Waals surface area contributed by atoms with Crippen molar-refractivity contribution in [2.75, 3.05) is 23.8 Å². The van der Waals surface area contributed by atoms with Crippen molar-refractivity contribution in [3.63, 3.8) is 0 Å². The summed E-state index contributed by atoms with van der Waals surface area (Å²) in [6.07, 6.45) is 1.27. The van der Waals surface area contributed by atoms with Crippen LogP contribution < -0.4 is 20.1 Å². The molecule has 2 aromatic rings. The lowest BCUT2D eigenvalue weighted by atomic mass is 10.2. The number of hydrogen-bond donors (Lipinski definition) is 2. The topological polar surface area (TPSA) is 127 Å². The highest BCUT2D eigenvalue weighted by molar-refractivity contribution is 6.06. The van der Waals surface area contributed by atoms with Gasteiger partial charge in [-0.3, -0.25) is 14.9 Å². The zero-order chi connectivity index (χ0) is 21.2. The number of nitrogens with zero attached hydrogens (tertiary/aromatic N) is 2. The Labute approximate surface area is 167 Å². The number of nitro benzene ring substituents is 1. The molecule has 0 aliphatic carbocycles. The van der Waals surface area contributed by atoms with Crippen LogP contribution in [0, 0.1) is 21.4 Å². The minimum absolute atomic E-state index is 0.0960. The third kappa shape index (κ3) is 5.97. The van der Waals surface area contributed by atoms with Crippen LogP contribution in [0.25, 0.3) is 0 Å². The van der Waals surface area contributed by atoms with E-state index in [0.29, 0.717) is 36.1 Å². The van der Waals surface area contributed by atoms with Gasteiger partial charge in [0, 0.05) is 35.8 Å². The Morgan fingerprint density at radius 1 is 1.10 bits per heavy atom. The number of nitrogens with one attached hydrogen (secondary N) is 2. The highest BCUT2D eigenvalue weighted by Gasteiger charge is 2.11. The monoisotopic (exact) mass is 396 g/mol. The normalized spacial score (nSPS) is 10.6. The highest BCUT2D eigenvalue weighted by atomic mass is 16.6. The van der Waals surface area contributed by atoms with Crippen molar-refractivity contribution in [3.8, 4) is 17.6 Å². The predicted molar refractivity (Wildman–Crippen MR) is 108 cm³/mol. The molecule has 2 N–H and O–H groups in total. The van der Waals surface area contributed by atoms with E-state index >= 15 is 0 Å². The van der Waals surface area contributed by atoms with Gasteiger partial charge in [0.25, 0.3) is 11.6 Å². The summed E-state index contributed by atoms with van der Waals surface area (Å²) < 4.78 is 11.0. The summed E-state index contributed by atoms with van der Waals surface area (Å²) in [5.74, 6) is 0.492. The zero-order valence-corrected chi connectivity index (χ0v) is 16.0. The standard InChI is InChI=1S/C20H20N4O5/c1-3-28-18-10-7-16(11-19(18)29-4-2)22-13-14(12-21)20(25)23-15-5-8-17(9-6-15)24(26)27/h5-11,13,22H,3-4H2,1-2H3,(H,23,25)/b14-13-. The number of carbonyl (C=O) groups is 1. The van der Waals surface area contributed by atoms with Crippen molar-refractivity contribution < 1.29 is 19.2 Å². The number of non-ortho nitro benzene ring substituents is 1. The molecule has 0 radical (unpaired) electrons. The molecule has 9 heteroatoms. The van der Waals surface area contributed by atoms with Crippen LogP contribution in [0.15, 0.2) is 54.2 Å². The highest BCUT2D eigenvalue weighted by Crippen LogP contribution is 2.30. The maximum absolute atomic E-state index is 12.3.